The van der Waals surface area contributed by atoms with Crippen LogP contribution in [0.4, 0.5) is 0 Å². The van der Waals surface area contributed by atoms with Crippen molar-refractivity contribution in [3.63, 3.8) is 0 Å². The summed E-state index contributed by atoms with van der Waals surface area (Å²) in [6.07, 6.45) is 15.0. The summed E-state index contributed by atoms with van der Waals surface area (Å²) in [5, 5.41) is 0. The van der Waals surface area contributed by atoms with E-state index in [-0.39, 0.29) is 4.32 Å². The largest absolute Gasteiger partial charge is 0.127 e. The van der Waals surface area contributed by atoms with E-state index in [0.29, 0.717) is 0 Å². The minimum absolute atomic E-state index is 0.281. The van der Waals surface area contributed by atoms with E-state index in [0.717, 1.165) is 18.2 Å². The Hall–Kier alpha value is 0.770. The Morgan fingerprint density at radius 3 is 2.00 bits per heavy atom. The second kappa shape index (κ2) is 12.5. The number of hydrogen-bond acceptors (Lipinski definition) is 0. The number of hydrogen-bond donors (Lipinski definition) is 0. The molecule has 0 aromatic heterocycles. The van der Waals surface area contributed by atoms with Crippen LogP contribution in [0.15, 0.2) is 0 Å². The monoisotopic (exact) mass is 352 g/mol. The predicted octanol–water partition coefficient (Wildman–Crippen LogP) is 7.33. The zero-order valence-electron chi connectivity index (χ0n) is 13.3. The highest BCUT2D eigenvalue weighted by Gasteiger charge is 2.26. The van der Waals surface area contributed by atoms with Crippen molar-refractivity contribution in [2.75, 3.05) is 5.88 Å². The highest BCUT2D eigenvalue weighted by molar-refractivity contribution is 9.10. The van der Waals surface area contributed by atoms with E-state index in [2.05, 4.69) is 36.7 Å². The normalized spacial score (nSPS) is 16.3. The third-order valence-electron chi connectivity index (χ3n) is 4.32. The molecule has 0 saturated carbocycles. The number of alkyl halides is 2. The van der Waals surface area contributed by atoms with E-state index in [1.54, 1.807) is 0 Å². The maximum atomic E-state index is 5.79. The van der Waals surface area contributed by atoms with Crippen molar-refractivity contribution >= 4 is 27.5 Å². The van der Waals surface area contributed by atoms with E-state index >= 15 is 0 Å². The fraction of sp³-hybridized carbons (Fsp3) is 1.00. The minimum atomic E-state index is 0.281. The van der Waals surface area contributed by atoms with Crippen molar-refractivity contribution in [1.29, 1.82) is 0 Å². The van der Waals surface area contributed by atoms with Crippen LogP contribution in [0.25, 0.3) is 0 Å². The first-order valence-corrected chi connectivity index (χ1v) is 9.62. The quantitative estimate of drug-likeness (QED) is 0.240. The molecule has 2 heteroatoms. The van der Waals surface area contributed by atoms with Gasteiger partial charge in [-0.2, -0.15) is 0 Å². The number of rotatable bonds is 13. The molecule has 0 rings (SSSR count). The second-order valence-electron chi connectivity index (χ2n) is 6.24. The molecule has 0 amide bonds. The molecule has 0 heterocycles. The summed E-state index contributed by atoms with van der Waals surface area (Å²) in [4.78, 5) is 0. The minimum Gasteiger partial charge on any atom is -0.127 e. The van der Waals surface area contributed by atoms with Crippen LogP contribution in [0.3, 0.4) is 0 Å². The molecule has 19 heavy (non-hydrogen) atoms. The molecule has 0 saturated heterocycles. The molecule has 0 fully saturated rings. The van der Waals surface area contributed by atoms with Gasteiger partial charge < -0.3 is 0 Å². The van der Waals surface area contributed by atoms with Crippen molar-refractivity contribution in [1.82, 2.24) is 0 Å². The number of halogens is 2. The van der Waals surface area contributed by atoms with Gasteiger partial charge in [-0.25, -0.2) is 0 Å². The van der Waals surface area contributed by atoms with Crippen molar-refractivity contribution in [2.45, 2.75) is 95.7 Å². The molecule has 116 valence electrons. The Morgan fingerprint density at radius 2 is 1.47 bits per heavy atom. The van der Waals surface area contributed by atoms with E-state index in [1.807, 2.05) is 0 Å². The Kier molecular flexibility index (Phi) is 13.0. The third-order valence-corrected chi connectivity index (χ3v) is 5.76. The smallest absolute Gasteiger partial charge is 0.0255 e. The lowest BCUT2D eigenvalue weighted by Gasteiger charge is -2.29. The van der Waals surface area contributed by atoms with Gasteiger partial charge in [0.15, 0.2) is 0 Å². The van der Waals surface area contributed by atoms with Crippen LogP contribution in [0.2, 0.25) is 0 Å². The molecule has 0 aliphatic carbocycles. The van der Waals surface area contributed by atoms with Crippen LogP contribution in [-0.4, -0.2) is 10.2 Å². The Morgan fingerprint density at radius 1 is 0.947 bits per heavy atom. The Bertz CT molecular complexity index is 192. The standard InChI is InChI=1S/C17H34BrCl/c1-4-5-6-7-8-9-10-11-13-16(2)17(3,18)14-12-15-19/h16H,4-15H2,1-3H3. The predicted molar refractivity (Wildman–Crippen MR) is 93.7 cm³/mol. The maximum absolute atomic E-state index is 5.79. The SMILES string of the molecule is CCCCCCCCCCC(C)C(C)(Br)CCCCl. The van der Waals surface area contributed by atoms with Gasteiger partial charge in [-0.15, -0.1) is 11.6 Å². The van der Waals surface area contributed by atoms with E-state index < -0.39 is 0 Å². The molecule has 0 N–H and O–H groups in total. The summed E-state index contributed by atoms with van der Waals surface area (Å²) >= 11 is 9.69. The lowest BCUT2D eigenvalue weighted by atomic mass is 9.87. The van der Waals surface area contributed by atoms with Crippen molar-refractivity contribution in [2.24, 2.45) is 5.92 Å². The first kappa shape index (κ1) is 19.8. The van der Waals surface area contributed by atoms with E-state index in [1.165, 1.54) is 64.2 Å². The van der Waals surface area contributed by atoms with E-state index in [4.69, 9.17) is 11.6 Å². The second-order valence-corrected chi connectivity index (χ2v) is 8.42. The average Bonchev–Trinajstić information content (AvgIpc) is 2.39. The molecule has 2 unspecified atom stereocenters. The Balaban J connectivity index is 3.49. The molecule has 0 aliphatic rings. The Labute approximate surface area is 135 Å². The fourth-order valence-electron chi connectivity index (χ4n) is 2.54. The van der Waals surface area contributed by atoms with Gasteiger partial charge >= 0.3 is 0 Å². The van der Waals surface area contributed by atoms with Gasteiger partial charge in [0.25, 0.3) is 0 Å². The molecule has 0 aromatic carbocycles. The van der Waals surface area contributed by atoms with Crippen LogP contribution in [0, 0.1) is 5.92 Å². The first-order chi connectivity index (χ1) is 9.04. The fourth-order valence-corrected chi connectivity index (χ4v) is 3.19. The molecule has 0 aliphatic heterocycles. The molecular weight excluding hydrogens is 320 g/mol. The zero-order chi connectivity index (χ0) is 14.6. The van der Waals surface area contributed by atoms with Gasteiger partial charge in [0.2, 0.25) is 0 Å². The first-order valence-electron chi connectivity index (χ1n) is 8.29. The molecule has 0 bridgehead atoms. The lowest BCUT2D eigenvalue weighted by molar-refractivity contribution is 0.374. The van der Waals surface area contributed by atoms with Crippen LogP contribution in [0.1, 0.15) is 91.4 Å². The third kappa shape index (κ3) is 11.1. The summed E-state index contributed by atoms with van der Waals surface area (Å²) in [6.45, 7) is 6.99. The van der Waals surface area contributed by atoms with Crippen LogP contribution < -0.4 is 0 Å². The van der Waals surface area contributed by atoms with Gasteiger partial charge in [-0.1, -0.05) is 81.1 Å². The summed E-state index contributed by atoms with van der Waals surface area (Å²) in [5.74, 6) is 1.53. The van der Waals surface area contributed by atoms with Gasteiger partial charge in [0.1, 0.15) is 0 Å². The highest BCUT2D eigenvalue weighted by atomic mass is 79.9. The summed E-state index contributed by atoms with van der Waals surface area (Å²) < 4.78 is 0.281. The summed E-state index contributed by atoms with van der Waals surface area (Å²) in [7, 11) is 0. The topological polar surface area (TPSA) is 0 Å². The molecule has 2 atom stereocenters. The zero-order valence-corrected chi connectivity index (χ0v) is 15.7. The number of unbranched alkanes of at least 4 members (excludes halogenated alkanes) is 7. The molecule has 0 aromatic rings. The molecule has 0 radical (unpaired) electrons. The highest BCUT2D eigenvalue weighted by Crippen LogP contribution is 2.35. The lowest BCUT2D eigenvalue weighted by Crippen LogP contribution is -2.25. The van der Waals surface area contributed by atoms with Gasteiger partial charge in [-0.05, 0) is 32.1 Å². The summed E-state index contributed by atoms with van der Waals surface area (Å²) in [5.41, 5.74) is 0. The van der Waals surface area contributed by atoms with E-state index in [9.17, 15) is 0 Å². The summed E-state index contributed by atoms with van der Waals surface area (Å²) in [6, 6.07) is 0. The molecule has 0 nitrogen and oxygen atoms in total. The average molecular weight is 354 g/mol. The van der Waals surface area contributed by atoms with Crippen molar-refractivity contribution < 1.29 is 0 Å². The van der Waals surface area contributed by atoms with Gasteiger partial charge in [-0.3, -0.25) is 0 Å². The van der Waals surface area contributed by atoms with Crippen LogP contribution >= 0.6 is 27.5 Å². The van der Waals surface area contributed by atoms with Crippen molar-refractivity contribution in [3.05, 3.63) is 0 Å². The maximum Gasteiger partial charge on any atom is 0.0255 e. The molecule has 0 spiro atoms. The molecular formula is C17H34BrCl. The van der Waals surface area contributed by atoms with Gasteiger partial charge in [0.05, 0.1) is 0 Å². The van der Waals surface area contributed by atoms with Crippen molar-refractivity contribution in [3.8, 4) is 0 Å². The van der Waals surface area contributed by atoms with Crippen LogP contribution in [0.5, 0.6) is 0 Å². The van der Waals surface area contributed by atoms with Crippen LogP contribution in [-0.2, 0) is 0 Å². The van der Waals surface area contributed by atoms with Gasteiger partial charge in [0, 0.05) is 10.2 Å².